The molecule has 1 aromatic heterocycles. The minimum absolute atomic E-state index is 0.0464. The van der Waals surface area contributed by atoms with E-state index in [1.807, 2.05) is 73.3 Å². The summed E-state index contributed by atoms with van der Waals surface area (Å²) in [4.78, 5) is 32.0. The molecule has 2 heterocycles. The standard InChI is InChI=1S/C24H26N4O3/c1-16-8-10-18(11-9-16)28-15-17(14-21(28)29)24(30)26-22(23-25-12-13-27(23)2)19-6-4-5-7-20(19)31-3/h4-13,17,22H,14-15H2,1-3H3,(H,26,30)/t17-,22-/m0/s1. The Hall–Kier alpha value is -3.61. The number of benzene rings is 2. The van der Waals surface area contributed by atoms with Crippen LogP contribution in [0.2, 0.25) is 0 Å². The molecule has 3 aromatic rings. The Morgan fingerprint density at radius 2 is 1.94 bits per heavy atom. The van der Waals surface area contributed by atoms with Crippen molar-refractivity contribution in [2.24, 2.45) is 13.0 Å². The highest BCUT2D eigenvalue weighted by Gasteiger charge is 2.37. The molecule has 4 rings (SSSR count). The number of aryl methyl sites for hydroxylation is 2. The molecule has 2 atom stereocenters. The number of anilines is 1. The molecular weight excluding hydrogens is 392 g/mol. The second-order valence-electron chi connectivity index (χ2n) is 7.82. The van der Waals surface area contributed by atoms with Gasteiger partial charge in [0, 0.05) is 43.7 Å². The quantitative estimate of drug-likeness (QED) is 0.668. The smallest absolute Gasteiger partial charge is 0.227 e. The van der Waals surface area contributed by atoms with Gasteiger partial charge in [0.1, 0.15) is 17.6 Å². The minimum atomic E-state index is -0.493. The summed E-state index contributed by atoms with van der Waals surface area (Å²) in [5.41, 5.74) is 2.75. The number of amides is 2. The first-order valence-electron chi connectivity index (χ1n) is 10.3. The monoisotopic (exact) mass is 418 g/mol. The normalized spacial score (nSPS) is 16.9. The fourth-order valence-electron chi connectivity index (χ4n) is 3.96. The number of aromatic nitrogens is 2. The van der Waals surface area contributed by atoms with Crippen LogP contribution in [0.3, 0.4) is 0 Å². The van der Waals surface area contributed by atoms with Crippen LogP contribution < -0.4 is 15.0 Å². The van der Waals surface area contributed by atoms with Crippen LogP contribution in [0.4, 0.5) is 5.69 Å². The number of imidazole rings is 1. The minimum Gasteiger partial charge on any atom is -0.496 e. The van der Waals surface area contributed by atoms with E-state index >= 15 is 0 Å². The van der Waals surface area contributed by atoms with Crippen molar-refractivity contribution in [3.8, 4) is 5.75 Å². The van der Waals surface area contributed by atoms with Crippen molar-refractivity contribution in [1.29, 1.82) is 0 Å². The van der Waals surface area contributed by atoms with Gasteiger partial charge in [0.15, 0.2) is 0 Å². The van der Waals surface area contributed by atoms with Crippen molar-refractivity contribution < 1.29 is 14.3 Å². The van der Waals surface area contributed by atoms with Crippen molar-refractivity contribution in [3.63, 3.8) is 0 Å². The van der Waals surface area contributed by atoms with E-state index in [-0.39, 0.29) is 18.2 Å². The highest BCUT2D eigenvalue weighted by molar-refractivity contribution is 6.00. The summed E-state index contributed by atoms with van der Waals surface area (Å²) < 4.78 is 7.39. The molecule has 1 aliphatic rings. The van der Waals surface area contributed by atoms with Crippen LogP contribution in [0, 0.1) is 12.8 Å². The summed E-state index contributed by atoms with van der Waals surface area (Å²) in [6.45, 7) is 2.36. The van der Waals surface area contributed by atoms with E-state index < -0.39 is 12.0 Å². The Labute approximate surface area is 181 Å². The molecule has 1 N–H and O–H groups in total. The Morgan fingerprint density at radius 1 is 1.19 bits per heavy atom. The Balaban J connectivity index is 1.58. The number of carbonyl (C=O) groups is 2. The van der Waals surface area contributed by atoms with Crippen LogP contribution >= 0.6 is 0 Å². The zero-order valence-electron chi connectivity index (χ0n) is 17.9. The number of carbonyl (C=O) groups excluding carboxylic acids is 2. The van der Waals surface area contributed by atoms with Gasteiger partial charge in [-0.3, -0.25) is 9.59 Å². The predicted molar refractivity (Wildman–Crippen MR) is 118 cm³/mol. The van der Waals surface area contributed by atoms with Gasteiger partial charge in [-0.2, -0.15) is 0 Å². The molecule has 0 spiro atoms. The lowest BCUT2D eigenvalue weighted by Crippen LogP contribution is -2.37. The number of rotatable bonds is 6. The van der Waals surface area contributed by atoms with Crippen LogP contribution in [0.25, 0.3) is 0 Å². The summed E-state index contributed by atoms with van der Waals surface area (Å²) in [5, 5.41) is 3.11. The third-order valence-corrected chi connectivity index (χ3v) is 5.69. The van der Waals surface area contributed by atoms with Crippen molar-refractivity contribution >= 4 is 17.5 Å². The SMILES string of the molecule is COc1ccccc1[C@H](NC(=O)[C@H]1CC(=O)N(c2ccc(C)cc2)C1)c1nccn1C. The van der Waals surface area contributed by atoms with Gasteiger partial charge in [0.2, 0.25) is 11.8 Å². The van der Waals surface area contributed by atoms with Gasteiger partial charge in [-0.15, -0.1) is 0 Å². The lowest BCUT2D eigenvalue weighted by molar-refractivity contribution is -0.126. The number of para-hydroxylation sites is 1. The first kappa shape index (κ1) is 20.7. The first-order chi connectivity index (χ1) is 15.0. The van der Waals surface area contributed by atoms with Gasteiger partial charge < -0.3 is 19.5 Å². The van der Waals surface area contributed by atoms with Gasteiger partial charge in [-0.1, -0.05) is 35.9 Å². The zero-order chi connectivity index (χ0) is 22.0. The van der Waals surface area contributed by atoms with Crippen molar-refractivity contribution in [2.45, 2.75) is 19.4 Å². The highest BCUT2D eigenvalue weighted by Crippen LogP contribution is 2.31. The van der Waals surface area contributed by atoms with Gasteiger partial charge >= 0.3 is 0 Å². The van der Waals surface area contributed by atoms with E-state index in [1.165, 1.54) is 0 Å². The maximum absolute atomic E-state index is 13.2. The number of ether oxygens (including phenoxy) is 1. The topological polar surface area (TPSA) is 76.5 Å². The van der Waals surface area contributed by atoms with Gasteiger partial charge in [-0.25, -0.2) is 4.98 Å². The van der Waals surface area contributed by atoms with E-state index in [9.17, 15) is 9.59 Å². The molecular formula is C24H26N4O3. The molecule has 0 unspecified atom stereocenters. The van der Waals surface area contributed by atoms with E-state index in [2.05, 4.69) is 10.3 Å². The summed E-state index contributed by atoms with van der Waals surface area (Å²) >= 11 is 0. The summed E-state index contributed by atoms with van der Waals surface area (Å²) in [7, 11) is 3.49. The molecule has 1 saturated heterocycles. The Kier molecular flexibility index (Phi) is 5.75. The van der Waals surface area contributed by atoms with Crippen LogP contribution in [0.15, 0.2) is 60.9 Å². The summed E-state index contributed by atoms with van der Waals surface area (Å²) in [6.07, 6.45) is 3.71. The molecule has 1 aliphatic heterocycles. The molecule has 1 fully saturated rings. The number of hydrogen-bond acceptors (Lipinski definition) is 4. The Bertz CT molecular complexity index is 1090. The molecule has 0 saturated carbocycles. The van der Waals surface area contributed by atoms with E-state index in [1.54, 1.807) is 18.2 Å². The molecule has 160 valence electrons. The van der Waals surface area contributed by atoms with Crippen molar-refractivity contribution in [1.82, 2.24) is 14.9 Å². The van der Waals surface area contributed by atoms with Crippen molar-refractivity contribution in [3.05, 3.63) is 77.9 Å². The largest absolute Gasteiger partial charge is 0.496 e. The third kappa shape index (κ3) is 4.17. The maximum Gasteiger partial charge on any atom is 0.227 e. The number of nitrogens with one attached hydrogen (secondary N) is 1. The molecule has 31 heavy (non-hydrogen) atoms. The predicted octanol–water partition coefficient (Wildman–Crippen LogP) is 3.00. The average Bonchev–Trinajstić information content (AvgIpc) is 3.38. The van der Waals surface area contributed by atoms with Crippen LogP contribution in [0.5, 0.6) is 5.75 Å². The molecule has 2 aromatic carbocycles. The number of nitrogens with zero attached hydrogens (tertiary/aromatic N) is 3. The van der Waals surface area contributed by atoms with E-state index in [0.717, 1.165) is 16.8 Å². The van der Waals surface area contributed by atoms with Gasteiger partial charge in [-0.05, 0) is 25.1 Å². The fourth-order valence-corrected chi connectivity index (χ4v) is 3.96. The van der Waals surface area contributed by atoms with E-state index in [0.29, 0.717) is 18.1 Å². The second kappa shape index (κ2) is 8.63. The zero-order valence-corrected chi connectivity index (χ0v) is 17.9. The third-order valence-electron chi connectivity index (χ3n) is 5.69. The number of hydrogen-bond donors (Lipinski definition) is 1. The highest BCUT2D eigenvalue weighted by atomic mass is 16.5. The maximum atomic E-state index is 13.2. The van der Waals surface area contributed by atoms with Gasteiger partial charge in [0.25, 0.3) is 0 Å². The van der Waals surface area contributed by atoms with E-state index in [4.69, 9.17) is 4.74 Å². The van der Waals surface area contributed by atoms with Gasteiger partial charge in [0.05, 0.1) is 13.0 Å². The first-order valence-corrected chi connectivity index (χ1v) is 10.3. The average molecular weight is 418 g/mol. The molecule has 7 nitrogen and oxygen atoms in total. The second-order valence-corrected chi connectivity index (χ2v) is 7.82. The summed E-state index contributed by atoms with van der Waals surface area (Å²) in [5.74, 6) is 0.695. The van der Waals surface area contributed by atoms with Crippen LogP contribution in [-0.4, -0.2) is 35.0 Å². The van der Waals surface area contributed by atoms with Crippen LogP contribution in [-0.2, 0) is 16.6 Å². The lowest BCUT2D eigenvalue weighted by Gasteiger charge is -2.23. The molecule has 0 aliphatic carbocycles. The molecule has 2 amide bonds. The summed E-state index contributed by atoms with van der Waals surface area (Å²) in [6, 6.07) is 14.8. The molecule has 0 bridgehead atoms. The fraction of sp³-hybridized carbons (Fsp3) is 0.292. The number of methoxy groups -OCH3 is 1. The molecule has 0 radical (unpaired) electrons. The van der Waals surface area contributed by atoms with Crippen molar-refractivity contribution in [2.75, 3.05) is 18.6 Å². The molecule has 7 heteroatoms. The lowest BCUT2D eigenvalue weighted by atomic mass is 10.0. The Morgan fingerprint density at radius 3 is 2.61 bits per heavy atom. The van der Waals surface area contributed by atoms with Crippen LogP contribution in [0.1, 0.15) is 29.4 Å².